The third-order valence-corrected chi connectivity index (χ3v) is 5.94. The van der Waals surface area contributed by atoms with Gasteiger partial charge in [0, 0.05) is 6.54 Å². The summed E-state index contributed by atoms with van der Waals surface area (Å²) >= 11 is 0. The van der Waals surface area contributed by atoms with Crippen molar-refractivity contribution in [3.8, 4) is 0 Å². The van der Waals surface area contributed by atoms with Gasteiger partial charge in [0.05, 0.1) is 11.2 Å². The van der Waals surface area contributed by atoms with E-state index in [1.165, 1.54) is 0 Å². The Morgan fingerprint density at radius 3 is 2.34 bits per heavy atom. The van der Waals surface area contributed by atoms with Crippen LogP contribution < -0.4 is 11.1 Å². The third-order valence-electron chi connectivity index (χ3n) is 5.94. The number of amides is 1. The lowest BCUT2D eigenvalue weighted by Crippen LogP contribution is -2.41. The molecule has 2 aromatic rings. The van der Waals surface area contributed by atoms with E-state index in [0.29, 0.717) is 6.54 Å². The second-order valence-corrected chi connectivity index (χ2v) is 9.01. The Labute approximate surface area is 191 Å². The van der Waals surface area contributed by atoms with Gasteiger partial charge in [-0.05, 0) is 62.8 Å². The molecule has 32 heavy (non-hydrogen) atoms. The number of ether oxygens (including phenoxy) is 1. The summed E-state index contributed by atoms with van der Waals surface area (Å²) in [5.74, 6) is 0. The number of rotatable bonds is 8. The highest BCUT2D eigenvalue weighted by molar-refractivity contribution is 6.56. The van der Waals surface area contributed by atoms with E-state index in [-0.39, 0.29) is 13.2 Å². The summed E-state index contributed by atoms with van der Waals surface area (Å²) in [4.78, 5) is 12.3. The summed E-state index contributed by atoms with van der Waals surface area (Å²) in [6.45, 7) is 9.07. The highest BCUT2D eigenvalue weighted by Gasteiger charge is 2.52. The van der Waals surface area contributed by atoms with Gasteiger partial charge in [0.2, 0.25) is 0 Å². The first-order chi connectivity index (χ1) is 15.2. The fraction of sp³-hybridized carbons (Fsp3) is 0.400. The van der Waals surface area contributed by atoms with Crippen molar-refractivity contribution in [1.82, 2.24) is 5.32 Å². The van der Waals surface area contributed by atoms with E-state index >= 15 is 0 Å². The van der Waals surface area contributed by atoms with Gasteiger partial charge < -0.3 is 25.1 Å². The molecule has 0 unspecified atom stereocenters. The molecule has 0 saturated carbocycles. The average Bonchev–Trinajstić information content (AvgIpc) is 2.97. The molecule has 0 aromatic heterocycles. The van der Waals surface area contributed by atoms with Crippen LogP contribution in [0.3, 0.4) is 0 Å². The first kappa shape index (κ1) is 24.0. The highest BCUT2D eigenvalue weighted by atomic mass is 16.7. The number of carbonyl (C=O) groups excluding carboxylic acids is 1. The Kier molecular flexibility index (Phi) is 7.77. The summed E-state index contributed by atoms with van der Waals surface area (Å²) in [5, 5.41) is 2.84. The minimum Gasteiger partial charge on any atom is -0.445 e. The second kappa shape index (κ2) is 10.3. The van der Waals surface area contributed by atoms with E-state index in [1.54, 1.807) is 0 Å². The number of nitrogens with one attached hydrogen (secondary N) is 1. The topological polar surface area (TPSA) is 82.8 Å². The minimum absolute atomic E-state index is 0.212. The van der Waals surface area contributed by atoms with Gasteiger partial charge in [0.15, 0.2) is 0 Å². The second-order valence-electron chi connectivity index (χ2n) is 9.01. The zero-order valence-electron chi connectivity index (χ0n) is 19.4. The standard InChI is InChI=1S/C25H33BN2O4/c1-24(2)25(3,4)32-26(31-24)22(16-21-12-8-11-19(15-21)13-14-27)17-28-23(29)30-18-20-9-6-5-7-10-20/h5-12,15-16H,13-14,17-18,27H2,1-4H3,(H,28,29). The van der Waals surface area contributed by atoms with Gasteiger partial charge in [-0.3, -0.25) is 0 Å². The van der Waals surface area contributed by atoms with Crippen LogP contribution >= 0.6 is 0 Å². The Morgan fingerprint density at radius 1 is 1.03 bits per heavy atom. The number of nitrogens with two attached hydrogens (primary N) is 1. The molecule has 0 atom stereocenters. The van der Waals surface area contributed by atoms with E-state index < -0.39 is 24.4 Å². The van der Waals surface area contributed by atoms with Crippen LogP contribution in [-0.2, 0) is 27.1 Å². The van der Waals surface area contributed by atoms with Crippen molar-refractivity contribution >= 4 is 19.3 Å². The number of carbonyl (C=O) groups is 1. The smallest absolute Gasteiger partial charge is 0.445 e. The predicted molar refractivity (Wildman–Crippen MR) is 128 cm³/mol. The van der Waals surface area contributed by atoms with Crippen molar-refractivity contribution in [1.29, 1.82) is 0 Å². The van der Waals surface area contributed by atoms with E-state index in [0.717, 1.165) is 28.6 Å². The molecular formula is C25H33BN2O4. The van der Waals surface area contributed by atoms with Gasteiger partial charge in [-0.2, -0.15) is 0 Å². The molecule has 0 bridgehead atoms. The van der Waals surface area contributed by atoms with Gasteiger partial charge in [-0.1, -0.05) is 60.7 Å². The van der Waals surface area contributed by atoms with Crippen molar-refractivity contribution in [2.24, 2.45) is 5.73 Å². The average molecular weight is 436 g/mol. The maximum atomic E-state index is 12.3. The van der Waals surface area contributed by atoms with Gasteiger partial charge in [0.1, 0.15) is 6.61 Å². The van der Waals surface area contributed by atoms with E-state index in [1.807, 2.05) is 76.2 Å². The lowest BCUT2D eigenvalue weighted by Gasteiger charge is -2.32. The number of benzene rings is 2. The largest absolute Gasteiger partial charge is 0.492 e. The molecule has 1 aliphatic heterocycles. The van der Waals surface area contributed by atoms with Crippen LogP contribution in [0.4, 0.5) is 4.79 Å². The molecule has 1 aliphatic rings. The molecule has 1 heterocycles. The molecule has 170 valence electrons. The molecule has 3 N–H and O–H groups in total. The Hall–Kier alpha value is -2.61. The molecule has 7 heteroatoms. The SMILES string of the molecule is CC1(C)OB(C(=Cc2cccc(CCN)c2)CNC(=O)OCc2ccccc2)OC1(C)C. The van der Waals surface area contributed by atoms with Crippen molar-refractivity contribution in [2.75, 3.05) is 13.1 Å². The number of hydrogen-bond donors (Lipinski definition) is 2. The van der Waals surface area contributed by atoms with E-state index in [4.69, 9.17) is 19.8 Å². The maximum Gasteiger partial charge on any atom is 0.492 e. The predicted octanol–water partition coefficient (Wildman–Crippen LogP) is 4.13. The molecule has 1 fully saturated rings. The van der Waals surface area contributed by atoms with Gasteiger partial charge in [-0.15, -0.1) is 0 Å². The summed E-state index contributed by atoms with van der Waals surface area (Å²) in [6, 6.07) is 17.7. The Balaban J connectivity index is 1.73. The van der Waals surface area contributed by atoms with Gasteiger partial charge in [0.25, 0.3) is 0 Å². The number of hydrogen-bond acceptors (Lipinski definition) is 5. The van der Waals surface area contributed by atoms with E-state index in [2.05, 4.69) is 17.4 Å². The molecule has 3 rings (SSSR count). The molecule has 0 aliphatic carbocycles. The quantitative estimate of drug-likeness (QED) is 0.608. The van der Waals surface area contributed by atoms with Crippen molar-refractivity contribution < 1.29 is 18.8 Å². The fourth-order valence-corrected chi connectivity index (χ4v) is 3.36. The molecule has 0 spiro atoms. The van der Waals surface area contributed by atoms with Crippen LogP contribution in [0.2, 0.25) is 0 Å². The van der Waals surface area contributed by atoms with Gasteiger partial charge in [-0.25, -0.2) is 4.79 Å². The Bertz CT molecular complexity index is 928. The lowest BCUT2D eigenvalue weighted by atomic mass is 9.77. The van der Waals surface area contributed by atoms with Crippen molar-refractivity contribution in [3.05, 3.63) is 76.8 Å². The normalized spacial score (nSPS) is 17.3. The first-order valence-electron chi connectivity index (χ1n) is 11.0. The summed E-state index contributed by atoms with van der Waals surface area (Å²) in [5.41, 5.74) is 8.64. The van der Waals surface area contributed by atoms with Crippen LogP contribution in [0.1, 0.15) is 44.4 Å². The lowest BCUT2D eigenvalue weighted by molar-refractivity contribution is 0.00578. The van der Waals surface area contributed by atoms with Gasteiger partial charge >= 0.3 is 13.2 Å². The zero-order valence-corrected chi connectivity index (χ0v) is 19.4. The molecule has 0 radical (unpaired) electrons. The first-order valence-corrected chi connectivity index (χ1v) is 11.0. The molecular weight excluding hydrogens is 403 g/mol. The third kappa shape index (κ3) is 6.22. The zero-order chi connectivity index (χ0) is 23.2. The minimum atomic E-state index is -0.576. The fourth-order valence-electron chi connectivity index (χ4n) is 3.36. The Morgan fingerprint density at radius 2 is 1.69 bits per heavy atom. The maximum absolute atomic E-state index is 12.3. The molecule has 2 aromatic carbocycles. The molecule has 1 amide bonds. The van der Waals surface area contributed by atoms with Crippen molar-refractivity contribution in [2.45, 2.75) is 51.9 Å². The monoisotopic (exact) mass is 436 g/mol. The molecule has 6 nitrogen and oxygen atoms in total. The summed E-state index contributed by atoms with van der Waals surface area (Å²) in [6.07, 6.45) is 2.31. The number of alkyl carbamates (subject to hydrolysis) is 1. The van der Waals surface area contributed by atoms with Crippen LogP contribution in [0, 0.1) is 0 Å². The molecule has 1 saturated heterocycles. The highest BCUT2D eigenvalue weighted by Crippen LogP contribution is 2.38. The van der Waals surface area contributed by atoms with E-state index in [9.17, 15) is 4.79 Å². The van der Waals surface area contributed by atoms with Crippen molar-refractivity contribution in [3.63, 3.8) is 0 Å². The summed E-state index contributed by atoms with van der Waals surface area (Å²) < 4.78 is 17.8. The summed E-state index contributed by atoms with van der Waals surface area (Å²) in [7, 11) is -0.576. The van der Waals surface area contributed by atoms with Crippen LogP contribution in [0.25, 0.3) is 6.08 Å². The van der Waals surface area contributed by atoms with Crippen LogP contribution in [0.5, 0.6) is 0 Å². The van der Waals surface area contributed by atoms with Crippen LogP contribution in [-0.4, -0.2) is 37.5 Å². The van der Waals surface area contributed by atoms with Crippen LogP contribution in [0.15, 0.2) is 60.1 Å².